The van der Waals surface area contributed by atoms with Gasteiger partial charge < -0.3 is 14.9 Å². The van der Waals surface area contributed by atoms with Crippen molar-refractivity contribution in [1.29, 1.82) is 0 Å². The summed E-state index contributed by atoms with van der Waals surface area (Å²) in [5, 5.41) is 10.4. The predicted octanol–water partition coefficient (Wildman–Crippen LogP) is 3.47. The standard InChI is InChI=1S/C19H25N3O2S/c1-5-6-9-14(15-10-7-8-12-22(15)4)17-19(21(2)3)25-18(20-17)16(24)11-13-23/h6-10,12,23H,5,11,13H2,1-4H3. The number of carbonyl (C=O) groups is 1. The van der Waals surface area contributed by atoms with Crippen molar-refractivity contribution in [2.24, 2.45) is 0 Å². The van der Waals surface area contributed by atoms with E-state index in [1.165, 1.54) is 11.3 Å². The van der Waals surface area contributed by atoms with Crippen molar-refractivity contribution >= 4 is 27.7 Å². The number of hydrogen-bond donors (Lipinski definition) is 1. The fraction of sp³-hybridized carbons (Fsp3) is 0.368. The van der Waals surface area contributed by atoms with E-state index < -0.39 is 0 Å². The number of anilines is 1. The van der Waals surface area contributed by atoms with Crippen LogP contribution in [0.5, 0.6) is 0 Å². The van der Waals surface area contributed by atoms with Crippen LogP contribution in [-0.2, 0) is 0 Å². The molecule has 0 saturated carbocycles. The third-order valence-corrected chi connectivity index (χ3v) is 4.96. The van der Waals surface area contributed by atoms with Gasteiger partial charge in [0.05, 0.1) is 6.61 Å². The second-order valence-electron chi connectivity index (χ2n) is 5.89. The number of aliphatic hydroxyl groups is 1. The van der Waals surface area contributed by atoms with Gasteiger partial charge in [0.1, 0.15) is 10.7 Å². The van der Waals surface area contributed by atoms with Crippen LogP contribution in [0.15, 0.2) is 42.3 Å². The van der Waals surface area contributed by atoms with Crippen molar-refractivity contribution in [3.63, 3.8) is 0 Å². The molecule has 2 rings (SSSR count). The Morgan fingerprint density at radius 1 is 1.40 bits per heavy atom. The van der Waals surface area contributed by atoms with Gasteiger partial charge in [0.2, 0.25) is 0 Å². The summed E-state index contributed by atoms with van der Waals surface area (Å²) >= 11 is 1.37. The number of rotatable bonds is 7. The highest BCUT2D eigenvalue weighted by Gasteiger charge is 2.22. The topological polar surface area (TPSA) is 56.7 Å². The van der Waals surface area contributed by atoms with Gasteiger partial charge in [0.15, 0.2) is 10.8 Å². The number of ketones is 1. The lowest BCUT2D eigenvalue weighted by molar-refractivity contribution is 0.0956. The van der Waals surface area contributed by atoms with Crippen LogP contribution in [0.1, 0.15) is 35.3 Å². The van der Waals surface area contributed by atoms with Crippen LogP contribution in [0.25, 0.3) is 5.57 Å². The molecule has 0 amide bonds. The van der Waals surface area contributed by atoms with Gasteiger partial charge in [0, 0.05) is 45.0 Å². The Balaban J connectivity index is 2.62. The summed E-state index contributed by atoms with van der Waals surface area (Å²) in [7, 11) is 5.89. The lowest BCUT2D eigenvalue weighted by Crippen LogP contribution is -2.14. The Bertz CT molecular complexity index is 742. The lowest BCUT2D eigenvalue weighted by atomic mass is 10.1. The lowest BCUT2D eigenvalue weighted by Gasteiger charge is -2.22. The van der Waals surface area contributed by atoms with Crippen molar-refractivity contribution in [2.45, 2.75) is 19.8 Å². The monoisotopic (exact) mass is 359 g/mol. The highest BCUT2D eigenvalue weighted by molar-refractivity contribution is 7.17. The second-order valence-corrected chi connectivity index (χ2v) is 6.86. The summed E-state index contributed by atoms with van der Waals surface area (Å²) in [6.07, 6.45) is 13.2. The summed E-state index contributed by atoms with van der Waals surface area (Å²) in [6.45, 7) is 1.92. The zero-order valence-electron chi connectivity index (χ0n) is 15.2. The van der Waals surface area contributed by atoms with Crippen LogP contribution in [-0.4, -0.2) is 48.5 Å². The van der Waals surface area contributed by atoms with E-state index in [4.69, 9.17) is 5.11 Å². The number of nitrogens with zero attached hydrogens (tertiary/aromatic N) is 3. The van der Waals surface area contributed by atoms with Gasteiger partial charge in [-0.3, -0.25) is 4.79 Å². The SMILES string of the molecule is CCC=CC(=C1C=CC=CN1C)c1nc(C(=O)CCO)sc1N(C)C. The Morgan fingerprint density at radius 3 is 2.76 bits per heavy atom. The second kappa shape index (κ2) is 8.78. The molecule has 1 aromatic rings. The van der Waals surface area contributed by atoms with Gasteiger partial charge in [-0.2, -0.15) is 0 Å². The van der Waals surface area contributed by atoms with Gasteiger partial charge in [-0.1, -0.05) is 36.5 Å². The molecule has 0 bridgehead atoms. The summed E-state index contributed by atoms with van der Waals surface area (Å²) in [5.41, 5.74) is 2.80. The number of likely N-dealkylation sites (N-methyl/N-ethyl adjacent to an activating group) is 1. The molecule has 0 aliphatic carbocycles. The van der Waals surface area contributed by atoms with Crippen LogP contribution in [0, 0.1) is 0 Å². The van der Waals surface area contributed by atoms with E-state index in [1.54, 1.807) is 0 Å². The Labute approximate surface area is 153 Å². The van der Waals surface area contributed by atoms with Crippen molar-refractivity contribution in [1.82, 2.24) is 9.88 Å². The van der Waals surface area contributed by atoms with Crippen molar-refractivity contribution in [3.8, 4) is 0 Å². The molecule has 1 aliphatic rings. The van der Waals surface area contributed by atoms with Gasteiger partial charge in [-0.05, 0) is 18.6 Å². The first-order chi connectivity index (χ1) is 12.0. The van der Waals surface area contributed by atoms with Gasteiger partial charge in [-0.25, -0.2) is 4.98 Å². The van der Waals surface area contributed by atoms with Crippen LogP contribution in [0.4, 0.5) is 5.00 Å². The van der Waals surface area contributed by atoms with Gasteiger partial charge in [-0.15, -0.1) is 0 Å². The normalized spacial score (nSPS) is 16.0. The van der Waals surface area contributed by atoms with Crippen LogP contribution >= 0.6 is 11.3 Å². The van der Waals surface area contributed by atoms with E-state index in [2.05, 4.69) is 24.1 Å². The highest BCUT2D eigenvalue weighted by Crippen LogP contribution is 2.36. The van der Waals surface area contributed by atoms with Gasteiger partial charge >= 0.3 is 0 Å². The number of aliphatic hydroxyl groups excluding tert-OH is 1. The first-order valence-corrected chi connectivity index (χ1v) is 9.12. The minimum atomic E-state index is -0.162. The summed E-state index contributed by atoms with van der Waals surface area (Å²) in [6, 6.07) is 0. The van der Waals surface area contributed by atoms with E-state index in [0.717, 1.165) is 28.4 Å². The minimum Gasteiger partial charge on any atom is -0.396 e. The molecule has 1 N–H and O–H groups in total. The number of thiazole rings is 1. The third-order valence-electron chi connectivity index (χ3n) is 3.70. The molecular formula is C19H25N3O2S. The number of hydrogen-bond acceptors (Lipinski definition) is 6. The van der Waals surface area contributed by atoms with E-state index >= 15 is 0 Å². The quantitative estimate of drug-likeness (QED) is 0.756. The van der Waals surface area contributed by atoms with Crippen LogP contribution in [0.3, 0.4) is 0 Å². The molecule has 0 atom stereocenters. The Kier molecular flexibility index (Phi) is 6.73. The molecule has 6 heteroatoms. The third kappa shape index (κ3) is 4.46. The average molecular weight is 359 g/mol. The molecular weight excluding hydrogens is 334 g/mol. The zero-order chi connectivity index (χ0) is 18.4. The molecule has 0 aromatic carbocycles. The molecule has 134 valence electrons. The highest BCUT2D eigenvalue weighted by atomic mass is 32.1. The minimum absolute atomic E-state index is 0.0963. The van der Waals surface area contributed by atoms with E-state index in [9.17, 15) is 4.79 Å². The molecule has 1 aliphatic heterocycles. The van der Waals surface area contributed by atoms with Gasteiger partial charge in [0.25, 0.3) is 0 Å². The largest absolute Gasteiger partial charge is 0.396 e. The van der Waals surface area contributed by atoms with Crippen molar-refractivity contribution < 1.29 is 9.90 Å². The number of allylic oxidation sites excluding steroid dienone is 6. The number of aromatic nitrogens is 1. The Hall–Kier alpha value is -2.18. The van der Waals surface area contributed by atoms with Crippen molar-refractivity contribution in [3.05, 3.63) is 53.0 Å². The summed E-state index contributed by atoms with van der Waals surface area (Å²) in [5.74, 6) is -0.127. The molecule has 0 spiro atoms. The first kappa shape index (κ1) is 19.1. The van der Waals surface area contributed by atoms with Crippen LogP contribution in [0.2, 0.25) is 0 Å². The maximum Gasteiger partial charge on any atom is 0.193 e. The maximum atomic E-state index is 12.2. The van der Waals surface area contributed by atoms with E-state index in [1.807, 2.05) is 55.4 Å². The van der Waals surface area contributed by atoms with Crippen LogP contribution < -0.4 is 4.90 Å². The van der Waals surface area contributed by atoms with E-state index in [0.29, 0.717) is 5.01 Å². The summed E-state index contributed by atoms with van der Waals surface area (Å²) in [4.78, 5) is 20.9. The molecule has 0 fully saturated rings. The fourth-order valence-corrected chi connectivity index (χ4v) is 3.41. The van der Waals surface area contributed by atoms with E-state index in [-0.39, 0.29) is 18.8 Å². The summed E-state index contributed by atoms with van der Waals surface area (Å²) < 4.78 is 0. The fourth-order valence-electron chi connectivity index (χ4n) is 2.44. The molecule has 0 unspecified atom stereocenters. The predicted molar refractivity (Wildman–Crippen MR) is 105 cm³/mol. The maximum absolute atomic E-state index is 12.2. The first-order valence-electron chi connectivity index (χ1n) is 8.30. The zero-order valence-corrected chi connectivity index (χ0v) is 16.0. The molecule has 2 heterocycles. The number of Topliss-reactive ketones (excluding diaryl/α,β-unsaturated/α-hetero) is 1. The van der Waals surface area contributed by atoms with Crippen molar-refractivity contribution in [2.75, 3.05) is 32.6 Å². The molecule has 1 aromatic heterocycles. The number of carbonyl (C=O) groups excluding carboxylic acids is 1. The molecule has 25 heavy (non-hydrogen) atoms. The molecule has 0 saturated heterocycles. The molecule has 0 radical (unpaired) electrons. The Morgan fingerprint density at radius 2 is 2.16 bits per heavy atom. The average Bonchev–Trinajstić information content (AvgIpc) is 3.02. The molecule has 5 nitrogen and oxygen atoms in total. The smallest absolute Gasteiger partial charge is 0.193 e.